The van der Waals surface area contributed by atoms with Crippen molar-refractivity contribution in [2.24, 2.45) is 7.05 Å². The Labute approximate surface area is 213 Å². The van der Waals surface area contributed by atoms with Gasteiger partial charge in [0.15, 0.2) is 0 Å². The fourth-order valence-corrected chi connectivity index (χ4v) is 7.48. The molecule has 36 heavy (non-hydrogen) atoms. The summed E-state index contributed by atoms with van der Waals surface area (Å²) in [6.45, 7) is 4.09. The highest BCUT2D eigenvalue weighted by Gasteiger charge is 2.39. The monoisotopic (exact) mass is 506 g/mol. The first-order chi connectivity index (χ1) is 17.3. The number of methoxy groups -OCH3 is 1. The van der Waals surface area contributed by atoms with Gasteiger partial charge in [-0.25, -0.2) is 8.42 Å². The van der Waals surface area contributed by atoms with Crippen LogP contribution in [-0.4, -0.2) is 70.9 Å². The van der Waals surface area contributed by atoms with Gasteiger partial charge in [-0.2, -0.15) is 0 Å². The molecule has 8 heteroatoms. The second kappa shape index (κ2) is 8.94. The van der Waals surface area contributed by atoms with Crippen molar-refractivity contribution in [3.63, 3.8) is 0 Å². The number of nitrogens with zero attached hydrogens (tertiary/aromatic N) is 4. The topological polar surface area (TPSA) is 58.0 Å². The van der Waals surface area contributed by atoms with E-state index in [0.717, 1.165) is 66.9 Å². The maximum Gasteiger partial charge on any atom is 0.264 e. The van der Waals surface area contributed by atoms with Crippen molar-refractivity contribution in [3.8, 4) is 0 Å². The third kappa shape index (κ3) is 3.92. The smallest absolute Gasteiger partial charge is 0.264 e. The average Bonchev–Trinajstić information content (AvgIpc) is 3.61. The molecule has 0 spiro atoms. The minimum Gasteiger partial charge on any atom is -0.380 e. The molecule has 3 aromatic rings. The molecule has 7 nitrogen and oxygen atoms in total. The van der Waals surface area contributed by atoms with Crippen LogP contribution in [0.2, 0.25) is 0 Å². The minimum atomic E-state index is -3.73. The Morgan fingerprint density at radius 1 is 1.00 bits per heavy atom. The second-order valence-electron chi connectivity index (χ2n) is 10.4. The first kappa shape index (κ1) is 23.6. The number of sulfonamides is 1. The van der Waals surface area contributed by atoms with Crippen LogP contribution in [0.1, 0.15) is 24.3 Å². The highest BCUT2D eigenvalue weighted by molar-refractivity contribution is 7.92. The summed E-state index contributed by atoms with van der Waals surface area (Å²) < 4.78 is 37.5. The molecule has 2 aromatic carbocycles. The SMILES string of the molecule is COC1CCN(c2ccc3c(c2)N(S(=O)(=O)c2ccc4c(ccn4C)c2)CC3C2=CCN(C)CC2)C1. The molecule has 0 saturated carbocycles. The van der Waals surface area contributed by atoms with Crippen LogP contribution >= 0.6 is 0 Å². The average molecular weight is 507 g/mol. The molecule has 6 rings (SSSR count). The Hall–Kier alpha value is -2.81. The Morgan fingerprint density at radius 2 is 1.86 bits per heavy atom. The molecule has 1 aromatic heterocycles. The number of hydrogen-bond donors (Lipinski definition) is 0. The van der Waals surface area contributed by atoms with Crippen LogP contribution in [0, 0.1) is 0 Å². The summed E-state index contributed by atoms with van der Waals surface area (Å²) in [6, 6.07) is 13.8. The molecule has 3 aliphatic heterocycles. The van der Waals surface area contributed by atoms with Crippen molar-refractivity contribution in [2.45, 2.75) is 29.8 Å². The lowest BCUT2D eigenvalue weighted by Gasteiger charge is -2.26. The minimum absolute atomic E-state index is 0.0864. The Morgan fingerprint density at radius 3 is 2.61 bits per heavy atom. The number of ether oxygens (including phenoxy) is 1. The highest BCUT2D eigenvalue weighted by atomic mass is 32.2. The zero-order valence-electron chi connectivity index (χ0n) is 21.2. The van der Waals surface area contributed by atoms with Crippen LogP contribution in [0.25, 0.3) is 10.9 Å². The van der Waals surface area contributed by atoms with Gasteiger partial charge in [-0.05, 0) is 61.9 Å². The van der Waals surface area contributed by atoms with Gasteiger partial charge < -0.3 is 19.1 Å². The molecule has 2 atom stereocenters. The van der Waals surface area contributed by atoms with E-state index in [0.29, 0.717) is 11.4 Å². The fourth-order valence-electron chi connectivity index (χ4n) is 5.95. The number of hydrogen-bond acceptors (Lipinski definition) is 5. The van der Waals surface area contributed by atoms with Gasteiger partial charge in [-0.15, -0.1) is 0 Å². The van der Waals surface area contributed by atoms with E-state index < -0.39 is 10.0 Å². The first-order valence-electron chi connectivity index (χ1n) is 12.7. The molecule has 1 saturated heterocycles. The number of fused-ring (bicyclic) bond motifs is 2. The van der Waals surface area contributed by atoms with Crippen LogP contribution in [0.15, 0.2) is 65.2 Å². The standard InChI is InChI=1S/C28H34N4O3S/c1-29-12-8-20(9-13-29)26-19-32(36(33,34)24-5-7-27-21(16-24)10-14-30(27)2)28-17-22(4-6-25(26)28)31-15-11-23(18-31)35-3/h4-8,10,14,16-17,23,26H,9,11-13,15,18-19H2,1-3H3. The summed E-state index contributed by atoms with van der Waals surface area (Å²) in [4.78, 5) is 4.94. The molecular formula is C28H34N4O3S. The third-order valence-corrected chi connectivity index (χ3v) is 9.97. The molecule has 0 aliphatic carbocycles. The molecule has 1 fully saturated rings. The van der Waals surface area contributed by atoms with Crippen molar-refractivity contribution in [1.29, 1.82) is 0 Å². The fraction of sp³-hybridized carbons (Fsp3) is 0.429. The summed E-state index contributed by atoms with van der Waals surface area (Å²) in [5.74, 6) is 0.0864. The van der Waals surface area contributed by atoms with E-state index in [1.165, 1.54) is 5.57 Å². The van der Waals surface area contributed by atoms with Gasteiger partial charge >= 0.3 is 0 Å². The first-order valence-corrected chi connectivity index (χ1v) is 14.2. The van der Waals surface area contributed by atoms with E-state index in [9.17, 15) is 8.42 Å². The Kier molecular flexibility index (Phi) is 5.85. The lowest BCUT2D eigenvalue weighted by atomic mass is 9.89. The van der Waals surface area contributed by atoms with E-state index in [1.807, 2.05) is 29.9 Å². The largest absolute Gasteiger partial charge is 0.380 e. The maximum atomic E-state index is 14.1. The second-order valence-corrected chi connectivity index (χ2v) is 12.2. The molecule has 0 radical (unpaired) electrons. The van der Waals surface area contributed by atoms with Gasteiger partial charge in [0, 0.05) is 75.6 Å². The van der Waals surface area contributed by atoms with Crippen molar-refractivity contribution in [3.05, 3.63) is 65.9 Å². The van der Waals surface area contributed by atoms with Crippen LogP contribution in [0.3, 0.4) is 0 Å². The summed E-state index contributed by atoms with van der Waals surface area (Å²) in [5, 5.41) is 0.934. The number of benzene rings is 2. The molecule has 0 amide bonds. The Bertz CT molecular complexity index is 1440. The van der Waals surface area contributed by atoms with Gasteiger partial charge in [0.25, 0.3) is 10.0 Å². The number of anilines is 2. The highest BCUT2D eigenvalue weighted by Crippen LogP contribution is 2.46. The molecule has 4 heterocycles. The summed E-state index contributed by atoms with van der Waals surface area (Å²) in [6.07, 6.45) is 6.42. The van der Waals surface area contributed by atoms with Crippen molar-refractivity contribution < 1.29 is 13.2 Å². The molecule has 190 valence electrons. The van der Waals surface area contributed by atoms with E-state index >= 15 is 0 Å². The third-order valence-electron chi connectivity index (χ3n) is 8.19. The van der Waals surface area contributed by atoms with Crippen molar-refractivity contribution >= 4 is 32.3 Å². The lowest BCUT2D eigenvalue weighted by Crippen LogP contribution is -2.31. The molecule has 3 aliphatic rings. The van der Waals surface area contributed by atoms with Gasteiger partial charge in [0.2, 0.25) is 0 Å². The van der Waals surface area contributed by atoms with Crippen LogP contribution in [0.5, 0.6) is 0 Å². The molecule has 0 N–H and O–H groups in total. The normalized spacial score (nSPS) is 22.9. The van der Waals surface area contributed by atoms with Crippen molar-refractivity contribution in [2.75, 3.05) is 56.1 Å². The zero-order valence-corrected chi connectivity index (χ0v) is 22.0. The van der Waals surface area contributed by atoms with Gasteiger partial charge in [-0.3, -0.25) is 4.31 Å². The van der Waals surface area contributed by atoms with Crippen LogP contribution in [-0.2, 0) is 21.8 Å². The summed E-state index contributed by atoms with van der Waals surface area (Å²) >= 11 is 0. The Balaban J connectivity index is 1.42. The number of aryl methyl sites for hydroxylation is 1. The maximum absolute atomic E-state index is 14.1. The molecule has 0 bridgehead atoms. The van der Waals surface area contributed by atoms with Gasteiger partial charge in [-0.1, -0.05) is 17.7 Å². The van der Waals surface area contributed by atoms with Crippen LogP contribution in [0.4, 0.5) is 11.4 Å². The quantitative estimate of drug-likeness (QED) is 0.491. The number of aromatic nitrogens is 1. The zero-order chi connectivity index (χ0) is 25.0. The van der Waals surface area contributed by atoms with Crippen molar-refractivity contribution in [1.82, 2.24) is 9.47 Å². The van der Waals surface area contributed by atoms with Crippen LogP contribution < -0.4 is 9.21 Å². The number of likely N-dealkylation sites (N-methyl/N-ethyl adjacent to an activating group) is 1. The van der Waals surface area contributed by atoms with E-state index in [-0.39, 0.29) is 12.0 Å². The van der Waals surface area contributed by atoms with Gasteiger partial charge in [0.1, 0.15) is 0 Å². The van der Waals surface area contributed by atoms with E-state index in [4.69, 9.17) is 4.74 Å². The predicted octanol–water partition coefficient (Wildman–Crippen LogP) is 3.96. The summed E-state index contributed by atoms with van der Waals surface area (Å²) in [5.41, 5.74) is 5.35. The van der Waals surface area contributed by atoms with E-state index in [2.05, 4.69) is 41.1 Å². The predicted molar refractivity (Wildman–Crippen MR) is 144 cm³/mol. The summed E-state index contributed by atoms with van der Waals surface area (Å²) in [7, 11) is 2.13. The van der Waals surface area contributed by atoms with E-state index in [1.54, 1.807) is 23.5 Å². The number of rotatable bonds is 5. The molecule has 2 unspecified atom stereocenters. The lowest BCUT2D eigenvalue weighted by molar-refractivity contribution is 0.121. The molecular weight excluding hydrogens is 472 g/mol. The van der Waals surface area contributed by atoms with Gasteiger partial charge in [0.05, 0.1) is 16.7 Å².